The van der Waals surface area contributed by atoms with Crippen LogP contribution in [0.1, 0.15) is 56.1 Å². The van der Waals surface area contributed by atoms with Gasteiger partial charge in [-0.25, -0.2) is 9.98 Å². The second-order valence-corrected chi connectivity index (χ2v) is 7.56. The summed E-state index contributed by atoms with van der Waals surface area (Å²) in [6.07, 6.45) is 4.86. The Morgan fingerprint density at radius 1 is 1.31 bits per heavy atom. The fraction of sp³-hybridized carbons (Fsp3) is 0.579. The standard InChI is InChI=1S/C19H29N5O2/c1-7-8-9-14-21-15(13-12-23(6)10-11-24(13)14)17(25)22-16(18(26)20-5)19(2,3)4/h8-9H,7,10-12H2,1-6H3,(H,20,26)/b9-8+,22-16-. The summed E-state index contributed by atoms with van der Waals surface area (Å²) in [7, 11) is 3.55. The van der Waals surface area contributed by atoms with Gasteiger partial charge in [0.15, 0.2) is 5.69 Å². The second kappa shape index (κ2) is 7.95. The van der Waals surface area contributed by atoms with E-state index < -0.39 is 11.3 Å². The predicted octanol–water partition coefficient (Wildman–Crippen LogP) is 2.12. The lowest BCUT2D eigenvalue weighted by Crippen LogP contribution is -2.37. The summed E-state index contributed by atoms with van der Waals surface area (Å²) in [5.41, 5.74) is 0.852. The van der Waals surface area contributed by atoms with Crippen molar-refractivity contribution in [3.05, 3.63) is 23.3 Å². The summed E-state index contributed by atoms with van der Waals surface area (Å²) >= 11 is 0. The lowest BCUT2D eigenvalue weighted by atomic mass is 9.89. The maximum atomic E-state index is 12.9. The van der Waals surface area contributed by atoms with E-state index in [-0.39, 0.29) is 11.6 Å². The maximum Gasteiger partial charge on any atom is 0.297 e. The number of imidazole rings is 1. The first-order valence-electron chi connectivity index (χ1n) is 8.99. The largest absolute Gasteiger partial charge is 0.354 e. The molecule has 7 nitrogen and oxygen atoms in total. The molecule has 0 fully saturated rings. The number of carbonyl (C=O) groups excluding carboxylic acids is 2. The highest BCUT2D eigenvalue weighted by Crippen LogP contribution is 2.22. The Morgan fingerprint density at radius 2 is 2.00 bits per heavy atom. The molecule has 1 aliphatic heterocycles. The van der Waals surface area contributed by atoms with Gasteiger partial charge < -0.3 is 9.88 Å². The third-order valence-electron chi connectivity index (χ3n) is 4.30. The van der Waals surface area contributed by atoms with Crippen LogP contribution in [0.3, 0.4) is 0 Å². The number of hydrogen-bond donors (Lipinski definition) is 1. The number of fused-ring (bicyclic) bond motifs is 1. The molecular formula is C19H29N5O2. The molecule has 0 saturated heterocycles. The normalized spacial score (nSPS) is 16.0. The summed E-state index contributed by atoms with van der Waals surface area (Å²) in [5.74, 6) is -0.0402. The number of likely N-dealkylation sites (N-methyl/N-ethyl adjacent to an activating group) is 1. The fourth-order valence-corrected chi connectivity index (χ4v) is 2.87. The van der Waals surface area contributed by atoms with E-state index in [2.05, 4.69) is 31.7 Å². The number of carbonyl (C=O) groups is 2. The van der Waals surface area contributed by atoms with Crippen LogP contribution in [0.4, 0.5) is 0 Å². The number of aromatic nitrogens is 2. The summed E-state index contributed by atoms with van der Waals surface area (Å²) in [4.78, 5) is 35.9. The molecule has 1 aromatic heterocycles. The molecule has 0 radical (unpaired) electrons. The van der Waals surface area contributed by atoms with Gasteiger partial charge in [0.25, 0.3) is 11.8 Å². The van der Waals surface area contributed by atoms with Crippen molar-refractivity contribution in [2.45, 2.75) is 47.2 Å². The zero-order chi connectivity index (χ0) is 19.5. The molecule has 0 aliphatic carbocycles. The molecule has 0 bridgehead atoms. The molecule has 2 rings (SSSR count). The van der Waals surface area contributed by atoms with Crippen molar-refractivity contribution in [3.8, 4) is 0 Å². The lowest BCUT2D eigenvalue weighted by Gasteiger charge is -2.25. The molecule has 0 atom stereocenters. The number of hydrogen-bond acceptors (Lipinski definition) is 4. The highest BCUT2D eigenvalue weighted by Gasteiger charge is 2.29. The van der Waals surface area contributed by atoms with E-state index in [9.17, 15) is 9.59 Å². The molecule has 0 aromatic carbocycles. The van der Waals surface area contributed by atoms with E-state index in [1.165, 1.54) is 7.05 Å². The monoisotopic (exact) mass is 359 g/mol. The van der Waals surface area contributed by atoms with Gasteiger partial charge in [-0.05, 0) is 19.5 Å². The van der Waals surface area contributed by atoms with Gasteiger partial charge in [0.2, 0.25) is 0 Å². The van der Waals surface area contributed by atoms with Gasteiger partial charge in [-0.15, -0.1) is 0 Å². The zero-order valence-corrected chi connectivity index (χ0v) is 16.6. The first-order chi connectivity index (χ1) is 12.2. The highest BCUT2D eigenvalue weighted by atomic mass is 16.2. The Hall–Kier alpha value is -2.28. The molecule has 2 amide bonds. The van der Waals surface area contributed by atoms with Gasteiger partial charge in [0.1, 0.15) is 11.5 Å². The van der Waals surface area contributed by atoms with E-state index in [0.29, 0.717) is 12.2 Å². The lowest BCUT2D eigenvalue weighted by molar-refractivity contribution is -0.114. The summed E-state index contributed by atoms with van der Waals surface area (Å²) in [5, 5.41) is 2.56. The smallest absolute Gasteiger partial charge is 0.297 e. The van der Waals surface area contributed by atoms with Crippen molar-refractivity contribution in [2.24, 2.45) is 10.4 Å². The molecule has 1 N–H and O–H groups in total. The van der Waals surface area contributed by atoms with E-state index in [1.807, 2.05) is 40.0 Å². The van der Waals surface area contributed by atoms with Crippen molar-refractivity contribution >= 4 is 23.6 Å². The van der Waals surface area contributed by atoms with Crippen LogP contribution >= 0.6 is 0 Å². The van der Waals surface area contributed by atoms with Gasteiger partial charge in [0.05, 0.1) is 5.69 Å². The van der Waals surface area contributed by atoms with Gasteiger partial charge in [-0.1, -0.05) is 33.8 Å². The van der Waals surface area contributed by atoms with E-state index in [4.69, 9.17) is 0 Å². The van der Waals surface area contributed by atoms with E-state index in [0.717, 1.165) is 31.0 Å². The number of allylic oxidation sites excluding steroid dienone is 1. The highest BCUT2D eigenvalue weighted by molar-refractivity contribution is 6.42. The number of rotatable bonds is 4. The van der Waals surface area contributed by atoms with Crippen LogP contribution in [0.2, 0.25) is 0 Å². The van der Waals surface area contributed by atoms with Crippen molar-refractivity contribution in [2.75, 3.05) is 20.6 Å². The molecule has 142 valence electrons. The number of nitrogens with one attached hydrogen (secondary N) is 1. The van der Waals surface area contributed by atoms with Gasteiger partial charge in [0, 0.05) is 32.1 Å². The Labute approximate surface area is 155 Å². The number of amides is 2. The molecule has 1 aromatic rings. The third kappa shape index (κ3) is 4.27. The molecule has 7 heteroatoms. The molecule has 0 unspecified atom stereocenters. The molecule has 1 aliphatic rings. The maximum absolute atomic E-state index is 12.9. The number of nitrogens with zero attached hydrogens (tertiary/aromatic N) is 4. The average molecular weight is 359 g/mol. The van der Waals surface area contributed by atoms with Crippen LogP contribution in [0.5, 0.6) is 0 Å². The zero-order valence-electron chi connectivity index (χ0n) is 16.6. The van der Waals surface area contributed by atoms with E-state index >= 15 is 0 Å². The Morgan fingerprint density at radius 3 is 2.58 bits per heavy atom. The second-order valence-electron chi connectivity index (χ2n) is 7.56. The van der Waals surface area contributed by atoms with Crippen molar-refractivity contribution in [3.63, 3.8) is 0 Å². The number of aliphatic imine (C=N–C) groups is 1. The minimum Gasteiger partial charge on any atom is -0.354 e. The topological polar surface area (TPSA) is 79.6 Å². The van der Waals surface area contributed by atoms with Crippen LogP contribution in [-0.4, -0.2) is 52.6 Å². The SMILES string of the molecule is CC/C=C/c1nc(C(=O)/N=C(/C(=O)NC)C(C)(C)C)c2n1CCN(C)C2. The van der Waals surface area contributed by atoms with Gasteiger partial charge in [-0.3, -0.25) is 14.5 Å². The Kier molecular flexibility index (Phi) is 6.13. The van der Waals surface area contributed by atoms with E-state index in [1.54, 1.807) is 0 Å². The first-order valence-corrected chi connectivity index (χ1v) is 8.99. The average Bonchev–Trinajstić information content (AvgIpc) is 2.93. The quantitative estimate of drug-likeness (QED) is 0.835. The van der Waals surface area contributed by atoms with Gasteiger partial charge >= 0.3 is 0 Å². The van der Waals surface area contributed by atoms with Crippen LogP contribution < -0.4 is 5.32 Å². The van der Waals surface area contributed by atoms with Crippen molar-refractivity contribution in [1.82, 2.24) is 19.8 Å². The summed E-state index contributed by atoms with van der Waals surface area (Å²) in [6.45, 7) is 9.95. The van der Waals surface area contributed by atoms with Crippen molar-refractivity contribution in [1.29, 1.82) is 0 Å². The minimum absolute atomic E-state index is 0.210. The predicted molar refractivity (Wildman–Crippen MR) is 103 cm³/mol. The molecule has 2 heterocycles. The van der Waals surface area contributed by atoms with Crippen LogP contribution in [-0.2, 0) is 17.9 Å². The van der Waals surface area contributed by atoms with Crippen LogP contribution in [0.15, 0.2) is 11.1 Å². The Bertz CT molecular complexity index is 753. The molecule has 0 saturated carbocycles. The molecular weight excluding hydrogens is 330 g/mol. The summed E-state index contributed by atoms with van der Waals surface area (Å²) < 4.78 is 2.07. The Balaban J connectivity index is 2.51. The van der Waals surface area contributed by atoms with Crippen molar-refractivity contribution < 1.29 is 9.59 Å². The molecule has 0 spiro atoms. The fourth-order valence-electron chi connectivity index (χ4n) is 2.87. The molecule has 26 heavy (non-hydrogen) atoms. The van der Waals surface area contributed by atoms with Crippen LogP contribution in [0, 0.1) is 5.41 Å². The third-order valence-corrected chi connectivity index (χ3v) is 4.30. The summed E-state index contributed by atoms with van der Waals surface area (Å²) in [6, 6.07) is 0. The first kappa shape index (κ1) is 20.0. The van der Waals surface area contributed by atoms with Crippen LogP contribution in [0.25, 0.3) is 6.08 Å². The minimum atomic E-state index is -0.544. The van der Waals surface area contributed by atoms with Gasteiger partial charge in [-0.2, -0.15) is 0 Å².